The number of nitrogens with zero attached hydrogens (tertiary/aromatic N) is 1. The highest BCUT2D eigenvalue weighted by molar-refractivity contribution is 7.92. The van der Waals surface area contributed by atoms with E-state index in [0.717, 1.165) is 0 Å². The van der Waals surface area contributed by atoms with E-state index in [4.69, 9.17) is 0 Å². The molecule has 1 aliphatic heterocycles. The Morgan fingerprint density at radius 1 is 1.33 bits per heavy atom. The van der Waals surface area contributed by atoms with Crippen LogP contribution in [0, 0.1) is 0 Å². The van der Waals surface area contributed by atoms with Crippen molar-refractivity contribution in [3.63, 3.8) is 0 Å². The molecule has 0 saturated heterocycles. The van der Waals surface area contributed by atoms with Crippen molar-refractivity contribution in [1.29, 1.82) is 0 Å². The molecule has 7 heteroatoms. The molecule has 0 radical (unpaired) electrons. The van der Waals surface area contributed by atoms with E-state index in [0.29, 0.717) is 11.3 Å². The van der Waals surface area contributed by atoms with Gasteiger partial charge in [-0.25, -0.2) is 13.2 Å². The number of sulfone groups is 1. The summed E-state index contributed by atoms with van der Waals surface area (Å²) in [6, 6.07) is 4.33. The third-order valence-electron chi connectivity index (χ3n) is 2.58. The van der Waals surface area contributed by atoms with E-state index in [2.05, 4.69) is 14.7 Å². The van der Waals surface area contributed by atoms with Gasteiger partial charge in [0.2, 0.25) is 0 Å². The number of hydrogen-bond donors (Lipinski definition) is 0. The molecule has 0 unspecified atom stereocenters. The van der Waals surface area contributed by atoms with Crippen molar-refractivity contribution in [2.45, 2.75) is 4.90 Å². The van der Waals surface area contributed by atoms with Gasteiger partial charge in [0.15, 0.2) is 9.84 Å². The van der Waals surface area contributed by atoms with Crippen molar-refractivity contribution in [3.05, 3.63) is 29.3 Å². The Bertz CT molecular complexity index is 633. The number of esters is 1. The molecule has 0 aliphatic carbocycles. The molecule has 0 atom stereocenters. The van der Waals surface area contributed by atoms with Gasteiger partial charge in [0, 0.05) is 5.56 Å². The standard InChI is InChI=1S/C11H11NO5S/c1-16-11(13)7-3-4-8-9(12-17-2)6-18(14,15)10(8)5-7/h3-5H,6H2,1-2H3. The first-order valence-corrected chi connectivity index (χ1v) is 6.70. The lowest BCUT2D eigenvalue weighted by atomic mass is 10.1. The summed E-state index contributed by atoms with van der Waals surface area (Å²) in [5.41, 5.74) is 0.993. The maximum absolute atomic E-state index is 11.9. The van der Waals surface area contributed by atoms with Crippen LogP contribution in [-0.2, 0) is 19.4 Å². The number of oxime groups is 1. The van der Waals surface area contributed by atoms with Crippen molar-refractivity contribution >= 4 is 21.5 Å². The predicted octanol–water partition coefficient (Wildman–Crippen LogP) is 0.611. The highest BCUT2D eigenvalue weighted by Crippen LogP contribution is 2.27. The molecule has 0 saturated carbocycles. The smallest absolute Gasteiger partial charge is 0.337 e. The van der Waals surface area contributed by atoms with Gasteiger partial charge < -0.3 is 9.57 Å². The molecule has 1 heterocycles. The van der Waals surface area contributed by atoms with Crippen molar-refractivity contribution < 1.29 is 22.8 Å². The molecule has 18 heavy (non-hydrogen) atoms. The Kier molecular flexibility index (Phi) is 3.08. The molecule has 0 fully saturated rings. The molecule has 0 amide bonds. The van der Waals surface area contributed by atoms with E-state index in [1.54, 1.807) is 0 Å². The van der Waals surface area contributed by atoms with E-state index in [1.807, 2.05) is 0 Å². The van der Waals surface area contributed by atoms with E-state index in [-0.39, 0.29) is 16.2 Å². The molecule has 2 rings (SSSR count). The fourth-order valence-electron chi connectivity index (χ4n) is 1.78. The lowest BCUT2D eigenvalue weighted by Gasteiger charge is -2.02. The second-order valence-corrected chi connectivity index (χ2v) is 5.64. The van der Waals surface area contributed by atoms with E-state index < -0.39 is 15.8 Å². The van der Waals surface area contributed by atoms with Gasteiger partial charge in [-0.15, -0.1) is 0 Å². The van der Waals surface area contributed by atoms with Crippen LogP contribution in [0.15, 0.2) is 28.3 Å². The van der Waals surface area contributed by atoms with Crippen molar-refractivity contribution in [1.82, 2.24) is 0 Å². The first-order chi connectivity index (χ1) is 8.49. The molecule has 1 aliphatic rings. The first kappa shape index (κ1) is 12.6. The number of rotatable bonds is 2. The Morgan fingerprint density at radius 2 is 2.06 bits per heavy atom. The molecule has 96 valence electrons. The summed E-state index contributed by atoms with van der Waals surface area (Å²) in [5.74, 6) is -0.800. The second-order valence-electron chi connectivity index (χ2n) is 3.68. The maximum atomic E-state index is 11.9. The van der Waals surface area contributed by atoms with Crippen LogP contribution in [0.2, 0.25) is 0 Å². The zero-order valence-electron chi connectivity index (χ0n) is 9.84. The average Bonchev–Trinajstić information content (AvgIpc) is 2.60. The van der Waals surface area contributed by atoms with Gasteiger partial charge in [-0.2, -0.15) is 0 Å². The van der Waals surface area contributed by atoms with Crippen LogP contribution in [0.1, 0.15) is 15.9 Å². The Labute approximate surface area is 104 Å². The third-order valence-corrected chi connectivity index (χ3v) is 4.24. The molecule has 0 bridgehead atoms. The van der Waals surface area contributed by atoms with Gasteiger partial charge >= 0.3 is 5.97 Å². The molecule has 0 N–H and O–H groups in total. The second kappa shape index (κ2) is 4.41. The molecular weight excluding hydrogens is 258 g/mol. The maximum Gasteiger partial charge on any atom is 0.337 e. The van der Waals surface area contributed by atoms with Gasteiger partial charge in [0.1, 0.15) is 18.6 Å². The summed E-state index contributed by atoms with van der Waals surface area (Å²) in [6.07, 6.45) is 0. The fourth-order valence-corrected chi connectivity index (χ4v) is 3.34. The van der Waals surface area contributed by atoms with Gasteiger partial charge in [0.05, 0.1) is 17.6 Å². The van der Waals surface area contributed by atoms with Crippen LogP contribution in [0.25, 0.3) is 0 Å². The SMILES string of the molecule is CON=C1CS(=O)(=O)c2cc(C(=O)OC)ccc21. The fraction of sp³-hybridized carbons (Fsp3) is 0.273. The Balaban J connectivity index is 2.60. The lowest BCUT2D eigenvalue weighted by Crippen LogP contribution is -2.05. The van der Waals surface area contributed by atoms with E-state index in [9.17, 15) is 13.2 Å². The van der Waals surface area contributed by atoms with Crippen molar-refractivity contribution in [3.8, 4) is 0 Å². The lowest BCUT2D eigenvalue weighted by molar-refractivity contribution is 0.0600. The number of hydrogen-bond acceptors (Lipinski definition) is 6. The number of fused-ring (bicyclic) bond motifs is 1. The quantitative estimate of drug-likeness (QED) is 0.580. The topological polar surface area (TPSA) is 82.0 Å². The summed E-state index contributed by atoms with van der Waals surface area (Å²) in [4.78, 5) is 16.1. The number of benzene rings is 1. The summed E-state index contributed by atoms with van der Waals surface area (Å²) in [5, 5.41) is 3.68. The van der Waals surface area contributed by atoms with Crippen LogP contribution < -0.4 is 0 Å². The monoisotopic (exact) mass is 269 g/mol. The summed E-state index contributed by atoms with van der Waals surface area (Å²) in [6.45, 7) is 0. The van der Waals surface area contributed by atoms with E-state index >= 15 is 0 Å². The molecule has 1 aromatic carbocycles. The third kappa shape index (κ3) is 1.97. The van der Waals surface area contributed by atoms with Crippen LogP contribution >= 0.6 is 0 Å². The average molecular weight is 269 g/mol. The molecule has 6 nitrogen and oxygen atoms in total. The highest BCUT2D eigenvalue weighted by atomic mass is 32.2. The summed E-state index contributed by atoms with van der Waals surface area (Å²) >= 11 is 0. The number of carbonyl (C=O) groups is 1. The van der Waals surface area contributed by atoms with Crippen LogP contribution in [0.5, 0.6) is 0 Å². The van der Waals surface area contributed by atoms with Crippen LogP contribution in [0.3, 0.4) is 0 Å². The minimum atomic E-state index is -3.46. The summed E-state index contributed by atoms with van der Waals surface area (Å²) < 4.78 is 28.4. The van der Waals surface area contributed by atoms with Crippen LogP contribution in [0.4, 0.5) is 0 Å². The molecular formula is C11H11NO5S. The molecule has 0 spiro atoms. The van der Waals surface area contributed by atoms with Gasteiger partial charge in [0.25, 0.3) is 0 Å². The van der Waals surface area contributed by atoms with Crippen molar-refractivity contribution in [2.24, 2.45) is 5.16 Å². The largest absolute Gasteiger partial charge is 0.465 e. The van der Waals surface area contributed by atoms with Gasteiger partial charge in [-0.05, 0) is 12.1 Å². The van der Waals surface area contributed by atoms with Gasteiger partial charge in [-0.3, -0.25) is 0 Å². The Morgan fingerprint density at radius 3 is 2.67 bits per heavy atom. The molecule has 0 aromatic heterocycles. The zero-order chi connectivity index (χ0) is 13.3. The van der Waals surface area contributed by atoms with Gasteiger partial charge in [-0.1, -0.05) is 11.2 Å². The minimum Gasteiger partial charge on any atom is -0.465 e. The van der Waals surface area contributed by atoms with Crippen molar-refractivity contribution in [2.75, 3.05) is 20.0 Å². The van der Waals surface area contributed by atoms with Crippen LogP contribution in [-0.4, -0.2) is 40.1 Å². The normalized spacial score (nSPS) is 18.4. The van der Waals surface area contributed by atoms with E-state index in [1.165, 1.54) is 32.4 Å². The zero-order valence-corrected chi connectivity index (χ0v) is 10.7. The number of methoxy groups -OCH3 is 1. The first-order valence-electron chi connectivity index (χ1n) is 5.05. The predicted molar refractivity (Wildman–Crippen MR) is 63.4 cm³/mol. The minimum absolute atomic E-state index is 0.0844. The molecule has 1 aromatic rings. The summed E-state index contributed by atoms with van der Waals surface area (Å²) in [7, 11) is -0.874. The highest BCUT2D eigenvalue weighted by Gasteiger charge is 2.33. The number of carbonyl (C=O) groups excluding carboxylic acids is 1. The Hall–Kier alpha value is -1.89. The number of ether oxygens (including phenoxy) is 1.